The molecule has 0 bridgehead atoms. The van der Waals surface area contributed by atoms with E-state index in [1.54, 1.807) is 6.92 Å². The van der Waals surface area contributed by atoms with Crippen molar-refractivity contribution in [2.24, 2.45) is 0 Å². The smallest absolute Gasteiger partial charge is 0.276 e. The predicted octanol–water partition coefficient (Wildman–Crippen LogP) is 2.96. The van der Waals surface area contributed by atoms with Crippen LogP contribution >= 0.6 is 11.3 Å². The number of benzene rings is 1. The summed E-state index contributed by atoms with van der Waals surface area (Å²) in [4.78, 5) is 25.2. The fourth-order valence-corrected chi connectivity index (χ4v) is 2.62. The highest BCUT2D eigenvalue weighted by atomic mass is 32.1. The lowest BCUT2D eigenvalue weighted by Crippen LogP contribution is -2.15. The summed E-state index contributed by atoms with van der Waals surface area (Å²) in [6.07, 6.45) is 0. The Bertz CT molecular complexity index is 797. The van der Waals surface area contributed by atoms with Gasteiger partial charge in [0.25, 0.3) is 5.91 Å². The number of amides is 1. The summed E-state index contributed by atoms with van der Waals surface area (Å²) in [5.41, 5.74) is 2.02. The second-order valence-electron chi connectivity index (χ2n) is 4.38. The largest absolute Gasteiger partial charge is 0.296 e. The molecule has 0 saturated carbocycles. The molecule has 0 saturated heterocycles. The van der Waals surface area contributed by atoms with Crippen molar-refractivity contribution in [1.29, 1.82) is 0 Å². The van der Waals surface area contributed by atoms with Crippen molar-refractivity contribution in [3.8, 4) is 0 Å². The maximum atomic E-state index is 12.4. The molecule has 1 N–H and O–H groups in total. The van der Waals surface area contributed by atoms with Crippen molar-refractivity contribution in [3.63, 3.8) is 0 Å². The van der Waals surface area contributed by atoms with Crippen molar-refractivity contribution in [2.75, 3.05) is 5.32 Å². The van der Waals surface area contributed by atoms with Gasteiger partial charge >= 0.3 is 0 Å². The second-order valence-corrected chi connectivity index (χ2v) is 5.24. The van der Waals surface area contributed by atoms with Gasteiger partial charge in [0.05, 0.1) is 11.2 Å². The van der Waals surface area contributed by atoms with Crippen LogP contribution in [0.1, 0.15) is 22.0 Å². The molecule has 0 aliphatic heterocycles. The van der Waals surface area contributed by atoms with Crippen molar-refractivity contribution in [1.82, 2.24) is 15.0 Å². The number of hydrogen-bond donors (Lipinski definition) is 1. The third-order valence-corrected chi connectivity index (χ3v) is 3.65. The van der Waals surface area contributed by atoms with Crippen LogP contribution in [0.3, 0.4) is 0 Å². The number of carbonyl (C=O) groups excluding carboxylic acids is 1. The van der Waals surface area contributed by atoms with Crippen LogP contribution < -0.4 is 5.32 Å². The Balaban J connectivity index is 2.02. The van der Waals surface area contributed by atoms with Crippen molar-refractivity contribution < 1.29 is 4.79 Å². The minimum atomic E-state index is -0.263. The Hall–Kier alpha value is -2.34. The number of aryl methyl sites for hydroxylation is 2. The van der Waals surface area contributed by atoms with E-state index in [1.807, 2.05) is 36.6 Å². The molecule has 0 spiro atoms. The highest BCUT2D eigenvalue weighted by Crippen LogP contribution is 2.19. The van der Waals surface area contributed by atoms with Gasteiger partial charge in [-0.25, -0.2) is 15.0 Å². The zero-order chi connectivity index (χ0) is 14.1. The molecule has 2 heterocycles. The zero-order valence-electron chi connectivity index (χ0n) is 11.0. The molecule has 5 nitrogen and oxygen atoms in total. The van der Waals surface area contributed by atoms with Crippen LogP contribution in [0.5, 0.6) is 0 Å². The highest BCUT2D eigenvalue weighted by Gasteiger charge is 2.14. The summed E-state index contributed by atoms with van der Waals surface area (Å²) in [5, 5.41) is 5.98. The van der Waals surface area contributed by atoms with Gasteiger partial charge < -0.3 is 0 Å². The summed E-state index contributed by atoms with van der Waals surface area (Å²) in [5.74, 6) is 0.310. The minimum Gasteiger partial charge on any atom is -0.296 e. The Morgan fingerprint density at radius 1 is 1.15 bits per heavy atom. The molecule has 6 heteroatoms. The molecule has 0 radical (unpaired) electrons. The second kappa shape index (κ2) is 4.97. The molecule has 3 aromatic rings. The van der Waals surface area contributed by atoms with Crippen LogP contribution in [0.2, 0.25) is 0 Å². The Morgan fingerprint density at radius 3 is 2.70 bits per heavy atom. The molecule has 0 unspecified atom stereocenters. The zero-order valence-corrected chi connectivity index (χ0v) is 11.9. The van der Waals surface area contributed by atoms with Gasteiger partial charge in [-0.05, 0) is 19.9 Å². The summed E-state index contributed by atoms with van der Waals surface area (Å²) < 4.78 is 0. The fourth-order valence-electron chi connectivity index (χ4n) is 1.93. The van der Waals surface area contributed by atoms with E-state index in [9.17, 15) is 4.79 Å². The number of aromatic nitrogens is 3. The van der Waals surface area contributed by atoms with Crippen molar-refractivity contribution in [3.05, 3.63) is 46.9 Å². The normalized spacial score (nSPS) is 10.7. The van der Waals surface area contributed by atoms with E-state index in [0.717, 1.165) is 16.6 Å². The van der Waals surface area contributed by atoms with E-state index in [-0.39, 0.29) is 5.91 Å². The fraction of sp³-hybridized carbons (Fsp3) is 0.143. The van der Waals surface area contributed by atoms with E-state index < -0.39 is 0 Å². The summed E-state index contributed by atoms with van der Waals surface area (Å²) in [6, 6.07) is 7.47. The van der Waals surface area contributed by atoms with E-state index in [2.05, 4.69) is 20.3 Å². The molecule has 100 valence electrons. The Kier molecular flexibility index (Phi) is 3.15. The first kappa shape index (κ1) is 12.7. The average Bonchev–Trinajstić information content (AvgIpc) is 2.83. The van der Waals surface area contributed by atoms with E-state index >= 15 is 0 Å². The first-order valence-electron chi connectivity index (χ1n) is 6.10. The SMILES string of the molecule is Cc1csc(NC(=O)c2nc(C)nc3ccccc23)n1. The maximum Gasteiger partial charge on any atom is 0.276 e. The summed E-state index contributed by atoms with van der Waals surface area (Å²) >= 11 is 1.40. The lowest BCUT2D eigenvalue weighted by atomic mass is 10.2. The number of thiazole rings is 1. The summed E-state index contributed by atoms with van der Waals surface area (Å²) in [6.45, 7) is 3.66. The highest BCUT2D eigenvalue weighted by molar-refractivity contribution is 7.13. The van der Waals surface area contributed by atoms with Crippen LogP contribution in [0.4, 0.5) is 5.13 Å². The number of rotatable bonds is 2. The molecule has 0 fully saturated rings. The number of para-hydroxylation sites is 1. The van der Waals surface area contributed by atoms with Crippen LogP contribution in [0.25, 0.3) is 10.9 Å². The number of anilines is 1. The first-order valence-corrected chi connectivity index (χ1v) is 6.98. The van der Waals surface area contributed by atoms with E-state index in [0.29, 0.717) is 16.6 Å². The standard InChI is InChI=1S/C14H12N4OS/c1-8-7-20-14(15-8)18-13(19)12-10-5-3-4-6-11(10)16-9(2)17-12/h3-7H,1-2H3,(H,15,18,19). The van der Waals surface area contributed by atoms with Gasteiger partial charge in [0.1, 0.15) is 11.5 Å². The van der Waals surface area contributed by atoms with Gasteiger partial charge in [-0.1, -0.05) is 18.2 Å². The minimum absolute atomic E-state index is 0.263. The third kappa shape index (κ3) is 2.37. The van der Waals surface area contributed by atoms with Crippen LogP contribution in [0.15, 0.2) is 29.6 Å². The van der Waals surface area contributed by atoms with Gasteiger partial charge in [0.15, 0.2) is 5.13 Å². The lowest BCUT2D eigenvalue weighted by molar-refractivity contribution is 0.102. The van der Waals surface area contributed by atoms with Crippen molar-refractivity contribution >= 4 is 33.3 Å². The Labute approximate surface area is 119 Å². The van der Waals surface area contributed by atoms with Crippen LogP contribution in [-0.4, -0.2) is 20.9 Å². The molecule has 0 aliphatic rings. The number of hydrogen-bond acceptors (Lipinski definition) is 5. The summed E-state index contributed by atoms with van der Waals surface area (Å²) in [7, 11) is 0. The maximum absolute atomic E-state index is 12.4. The average molecular weight is 284 g/mol. The number of nitrogens with one attached hydrogen (secondary N) is 1. The molecule has 0 atom stereocenters. The third-order valence-electron chi connectivity index (χ3n) is 2.77. The number of carbonyl (C=O) groups is 1. The topological polar surface area (TPSA) is 67.8 Å². The van der Waals surface area contributed by atoms with Gasteiger partial charge in [0.2, 0.25) is 0 Å². The molecular weight excluding hydrogens is 272 g/mol. The van der Waals surface area contributed by atoms with Gasteiger partial charge in [-0.3, -0.25) is 10.1 Å². The molecular formula is C14H12N4OS. The molecule has 20 heavy (non-hydrogen) atoms. The van der Waals surface area contributed by atoms with Crippen LogP contribution in [-0.2, 0) is 0 Å². The molecule has 1 amide bonds. The Morgan fingerprint density at radius 2 is 1.95 bits per heavy atom. The monoisotopic (exact) mass is 284 g/mol. The van der Waals surface area contributed by atoms with Crippen molar-refractivity contribution in [2.45, 2.75) is 13.8 Å². The quantitative estimate of drug-likeness (QED) is 0.785. The van der Waals surface area contributed by atoms with E-state index in [4.69, 9.17) is 0 Å². The van der Waals surface area contributed by atoms with E-state index in [1.165, 1.54) is 11.3 Å². The van der Waals surface area contributed by atoms with Crippen LogP contribution in [0, 0.1) is 13.8 Å². The number of fused-ring (bicyclic) bond motifs is 1. The number of nitrogens with zero attached hydrogens (tertiary/aromatic N) is 3. The first-order chi connectivity index (χ1) is 9.63. The lowest BCUT2D eigenvalue weighted by Gasteiger charge is -2.06. The van der Waals surface area contributed by atoms with Gasteiger partial charge in [0, 0.05) is 10.8 Å². The molecule has 3 rings (SSSR count). The van der Waals surface area contributed by atoms with Gasteiger partial charge in [-0.15, -0.1) is 11.3 Å². The predicted molar refractivity (Wildman–Crippen MR) is 79.1 cm³/mol. The molecule has 1 aromatic carbocycles. The molecule has 2 aromatic heterocycles. The molecule has 0 aliphatic carbocycles. The van der Waals surface area contributed by atoms with Gasteiger partial charge in [-0.2, -0.15) is 0 Å².